The van der Waals surface area contributed by atoms with Crippen LogP contribution in [0.2, 0.25) is 0 Å². The highest BCUT2D eigenvalue weighted by atomic mass is 16.6. The molecule has 0 aliphatic heterocycles. The average Bonchev–Trinajstić information content (AvgIpc) is 3.34. The summed E-state index contributed by atoms with van der Waals surface area (Å²) in [6.45, 7) is 11.3. The highest BCUT2D eigenvalue weighted by Crippen LogP contribution is 2.24. The number of hydrogen-bond donors (Lipinski definition) is 1. The van der Waals surface area contributed by atoms with Crippen LogP contribution >= 0.6 is 0 Å². The van der Waals surface area contributed by atoms with Crippen molar-refractivity contribution in [3.63, 3.8) is 0 Å². The van der Waals surface area contributed by atoms with E-state index in [0.717, 1.165) is 12.0 Å². The molecule has 0 radical (unpaired) electrons. The fraction of sp³-hybridized carbons (Fsp3) is 0.471. The van der Waals surface area contributed by atoms with Crippen molar-refractivity contribution in [1.82, 2.24) is 19.4 Å². The van der Waals surface area contributed by atoms with E-state index in [-0.39, 0.29) is 36.5 Å². The molecule has 0 bridgehead atoms. The molecule has 0 fully saturated rings. The molecule has 1 N–H and O–H groups in total. The van der Waals surface area contributed by atoms with Crippen molar-refractivity contribution in [2.45, 2.75) is 91.8 Å². The number of carbonyl (C=O) groups is 4. The molecule has 1 aromatic carbocycles. The van der Waals surface area contributed by atoms with E-state index in [1.807, 2.05) is 12.1 Å². The Kier molecular flexibility index (Phi) is 12.0. The van der Waals surface area contributed by atoms with Crippen LogP contribution in [0.15, 0.2) is 53.5 Å². The zero-order chi connectivity index (χ0) is 33.3. The van der Waals surface area contributed by atoms with Crippen LogP contribution < -0.4 is 10.9 Å². The number of ketones is 2. The fourth-order valence-electron chi connectivity index (χ4n) is 4.85. The minimum absolute atomic E-state index is 0.0417. The number of aromatic nitrogens is 3. The largest absolute Gasteiger partial charge is 0.453 e. The van der Waals surface area contributed by atoms with E-state index < -0.39 is 29.4 Å². The minimum Gasteiger partial charge on any atom is -0.453 e. The Balaban J connectivity index is 1.95. The number of pyridine rings is 1. The first-order valence-corrected chi connectivity index (χ1v) is 15.2. The second-order valence-electron chi connectivity index (χ2n) is 12.3. The van der Waals surface area contributed by atoms with E-state index in [0.29, 0.717) is 35.6 Å². The third-order valence-corrected chi connectivity index (χ3v) is 6.96. The average molecular weight is 621 g/mol. The Morgan fingerprint density at radius 1 is 1.07 bits per heavy atom. The molecule has 1 amide bonds. The van der Waals surface area contributed by atoms with Crippen molar-refractivity contribution >= 4 is 34.8 Å². The number of ether oxygens (including phenoxy) is 2. The smallest absolute Gasteiger partial charge is 0.420 e. The molecule has 242 valence electrons. The summed E-state index contributed by atoms with van der Waals surface area (Å²) in [6.07, 6.45) is 4.77. The zero-order valence-corrected chi connectivity index (χ0v) is 27.2. The molecular weight excluding hydrogens is 576 g/mol. The van der Waals surface area contributed by atoms with Gasteiger partial charge in [-0.2, -0.15) is 0 Å². The summed E-state index contributed by atoms with van der Waals surface area (Å²) < 4.78 is 13.2. The Labute approximate surface area is 263 Å². The van der Waals surface area contributed by atoms with Gasteiger partial charge in [0.05, 0.1) is 30.7 Å². The molecule has 0 spiro atoms. The molecule has 0 saturated heterocycles. The zero-order valence-electron chi connectivity index (χ0n) is 27.2. The Hall–Kier alpha value is -4.54. The second-order valence-corrected chi connectivity index (χ2v) is 12.3. The molecular formula is C34H44N4O7. The van der Waals surface area contributed by atoms with E-state index in [1.54, 1.807) is 58.2 Å². The maximum absolute atomic E-state index is 13.6. The number of benzene rings is 1. The fourth-order valence-corrected chi connectivity index (χ4v) is 4.85. The normalized spacial score (nSPS) is 12.4. The van der Waals surface area contributed by atoms with Crippen molar-refractivity contribution in [2.24, 2.45) is 5.92 Å². The van der Waals surface area contributed by atoms with Gasteiger partial charge in [0.15, 0.2) is 11.6 Å². The lowest BCUT2D eigenvalue weighted by atomic mass is 10.0. The highest BCUT2D eigenvalue weighted by Gasteiger charge is 2.26. The van der Waals surface area contributed by atoms with Crippen molar-refractivity contribution in [3.8, 4) is 0 Å². The summed E-state index contributed by atoms with van der Waals surface area (Å²) in [5, 5.41) is 2.53. The number of rotatable bonds is 13. The number of para-hydroxylation sites is 1. The van der Waals surface area contributed by atoms with Crippen LogP contribution in [-0.2, 0) is 38.4 Å². The third-order valence-electron chi connectivity index (χ3n) is 6.96. The van der Waals surface area contributed by atoms with E-state index in [1.165, 1.54) is 22.3 Å². The van der Waals surface area contributed by atoms with Crippen LogP contribution in [-0.4, -0.2) is 56.6 Å². The van der Waals surface area contributed by atoms with Gasteiger partial charge in [-0.1, -0.05) is 45.0 Å². The molecule has 45 heavy (non-hydrogen) atoms. The number of nitrogens with one attached hydrogen (secondary N) is 1. The molecule has 1 atom stereocenters. The lowest BCUT2D eigenvalue weighted by Gasteiger charge is -2.20. The van der Waals surface area contributed by atoms with Crippen molar-refractivity contribution < 1.29 is 28.7 Å². The molecule has 0 aliphatic carbocycles. The predicted octanol–water partition coefficient (Wildman–Crippen LogP) is 5.38. The molecule has 2 heterocycles. The first kappa shape index (κ1) is 34.9. The SMILES string of the molecule is CCC(=O)/C=C/CC[C@H](NC(=O)OC)C(=O)Cc1cccn(Cc2nc3c(CC(C)C)cccc3n2C(=O)OC(C)(C)C)c1=O. The topological polar surface area (TPSA) is 139 Å². The Bertz CT molecular complexity index is 1630. The van der Waals surface area contributed by atoms with Crippen LogP contribution in [0.25, 0.3) is 11.0 Å². The molecule has 11 nitrogen and oxygen atoms in total. The van der Waals surface area contributed by atoms with Crippen LogP contribution in [0.5, 0.6) is 0 Å². The molecule has 11 heteroatoms. The molecule has 3 aromatic rings. The van der Waals surface area contributed by atoms with Gasteiger partial charge in [-0.25, -0.2) is 19.1 Å². The summed E-state index contributed by atoms with van der Waals surface area (Å²) in [6, 6.07) is 7.94. The second kappa shape index (κ2) is 15.5. The van der Waals surface area contributed by atoms with Gasteiger partial charge < -0.3 is 19.4 Å². The standard InChI is InChI=1S/C34H44N4O7/c1-8-25(39)15-9-10-16-26(35-32(42)44-7)28(40)20-24-14-12-18-37(31(24)41)21-29-36-30-23(19-22(2)3)13-11-17-27(30)38(29)33(43)45-34(4,5)6/h9,11-15,17-18,22,26H,8,10,16,19-21H2,1-7H3,(H,35,42)/b15-9+/t26-/m0/s1. The van der Waals surface area contributed by atoms with Crippen LogP contribution in [0.4, 0.5) is 9.59 Å². The van der Waals surface area contributed by atoms with Gasteiger partial charge >= 0.3 is 12.2 Å². The monoisotopic (exact) mass is 620 g/mol. The quantitative estimate of drug-likeness (QED) is 0.251. The summed E-state index contributed by atoms with van der Waals surface area (Å²) in [4.78, 5) is 68.7. The van der Waals surface area contributed by atoms with Crippen molar-refractivity contribution in [1.29, 1.82) is 0 Å². The van der Waals surface area contributed by atoms with Gasteiger partial charge in [-0.15, -0.1) is 0 Å². The van der Waals surface area contributed by atoms with Gasteiger partial charge in [0.1, 0.15) is 11.4 Å². The number of Topliss-reactive ketones (excluding diaryl/α,β-unsaturated/α-hetero) is 1. The number of fused-ring (bicyclic) bond motifs is 1. The van der Waals surface area contributed by atoms with Gasteiger partial charge in [0.2, 0.25) is 0 Å². The molecule has 2 aromatic heterocycles. The number of allylic oxidation sites excluding steroid dienone is 2. The molecule has 3 rings (SSSR count). The number of imidazole rings is 1. The number of hydrogen-bond acceptors (Lipinski definition) is 8. The number of carbonyl (C=O) groups excluding carboxylic acids is 4. The molecule has 0 aliphatic rings. The van der Waals surface area contributed by atoms with Gasteiger partial charge in [-0.05, 0) is 69.7 Å². The summed E-state index contributed by atoms with van der Waals surface area (Å²) in [5.74, 6) is 0.249. The Morgan fingerprint density at radius 2 is 1.78 bits per heavy atom. The Morgan fingerprint density at radius 3 is 2.42 bits per heavy atom. The maximum atomic E-state index is 13.6. The van der Waals surface area contributed by atoms with Crippen LogP contribution in [0.3, 0.4) is 0 Å². The number of nitrogens with zero attached hydrogens (tertiary/aromatic N) is 3. The minimum atomic E-state index is -0.928. The summed E-state index contributed by atoms with van der Waals surface area (Å²) in [7, 11) is 1.20. The van der Waals surface area contributed by atoms with Crippen molar-refractivity contribution in [2.75, 3.05) is 7.11 Å². The maximum Gasteiger partial charge on any atom is 0.420 e. The van der Waals surface area contributed by atoms with Gasteiger partial charge in [0, 0.05) is 24.6 Å². The first-order chi connectivity index (χ1) is 21.2. The first-order valence-electron chi connectivity index (χ1n) is 15.2. The van der Waals surface area contributed by atoms with Crippen molar-refractivity contribution in [3.05, 3.63) is 76.0 Å². The number of amides is 1. The van der Waals surface area contributed by atoms with E-state index >= 15 is 0 Å². The highest BCUT2D eigenvalue weighted by molar-refractivity contribution is 5.90. The summed E-state index contributed by atoms with van der Waals surface area (Å²) in [5.41, 5.74) is 1.27. The lowest BCUT2D eigenvalue weighted by molar-refractivity contribution is -0.120. The van der Waals surface area contributed by atoms with E-state index in [2.05, 4.69) is 23.9 Å². The number of alkyl carbamates (subject to hydrolysis) is 1. The van der Waals surface area contributed by atoms with Gasteiger partial charge in [-0.3, -0.25) is 14.4 Å². The van der Waals surface area contributed by atoms with E-state index in [4.69, 9.17) is 9.72 Å². The lowest BCUT2D eigenvalue weighted by Crippen LogP contribution is -2.42. The predicted molar refractivity (Wildman–Crippen MR) is 171 cm³/mol. The van der Waals surface area contributed by atoms with Crippen LogP contribution in [0.1, 0.15) is 77.8 Å². The number of methoxy groups -OCH3 is 1. The molecule has 0 saturated carbocycles. The van der Waals surface area contributed by atoms with Crippen LogP contribution in [0, 0.1) is 5.92 Å². The van der Waals surface area contributed by atoms with E-state index in [9.17, 15) is 24.0 Å². The van der Waals surface area contributed by atoms with Gasteiger partial charge in [0.25, 0.3) is 5.56 Å². The molecule has 0 unspecified atom stereocenters. The third kappa shape index (κ3) is 9.72. The summed E-state index contributed by atoms with van der Waals surface area (Å²) >= 11 is 0.